The molecule has 0 unspecified atom stereocenters. The monoisotopic (exact) mass is 792 g/mol. The first-order valence-corrected chi connectivity index (χ1v) is 18.5. The van der Waals surface area contributed by atoms with Crippen molar-refractivity contribution in [3.05, 3.63) is 156 Å². The molecule has 6 aromatic carbocycles. The second kappa shape index (κ2) is 17.6. The number of nitrogens with two attached hydrogens (primary N) is 2. The lowest BCUT2D eigenvalue weighted by Crippen LogP contribution is -2.27. The van der Waals surface area contributed by atoms with E-state index in [0.29, 0.717) is 51.9 Å². The molecule has 14 nitrogen and oxygen atoms in total. The summed E-state index contributed by atoms with van der Waals surface area (Å²) in [6.07, 6.45) is 0. The molecule has 2 aromatic heterocycles. The zero-order valence-electron chi connectivity index (χ0n) is 31.9. The fraction of sp³-hybridized carbons (Fsp3) is 0.111. The number of nitrogens with zero attached hydrogens (tertiary/aromatic N) is 2. The molecule has 0 saturated heterocycles. The van der Waals surface area contributed by atoms with Crippen LogP contribution in [0.1, 0.15) is 31.8 Å². The van der Waals surface area contributed by atoms with E-state index in [1.54, 1.807) is 35.8 Å². The second-order valence-corrected chi connectivity index (χ2v) is 13.4. The van der Waals surface area contributed by atoms with E-state index in [1.807, 2.05) is 103 Å². The smallest absolute Gasteiger partial charge is 0.281 e. The van der Waals surface area contributed by atoms with Gasteiger partial charge in [-0.1, -0.05) is 84.9 Å². The molecule has 2 heterocycles. The number of aromatic nitrogens is 2. The van der Waals surface area contributed by atoms with Crippen molar-refractivity contribution >= 4 is 67.2 Å². The zero-order valence-corrected chi connectivity index (χ0v) is 31.9. The van der Waals surface area contributed by atoms with Gasteiger partial charge in [0.05, 0.1) is 39.9 Å². The van der Waals surface area contributed by atoms with Gasteiger partial charge in [0.15, 0.2) is 13.2 Å². The summed E-state index contributed by atoms with van der Waals surface area (Å²) >= 11 is 0. The maximum absolute atomic E-state index is 12.2. The lowest BCUT2D eigenvalue weighted by atomic mass is 10.1. The van der Waals surface area contributed by atoms with Gasteiger partial charge in [-0.25, -0.2) is 11.0 Å². The zero-order chi connectivity index (χ0) is 41.5. The third kappa shape index (κ3) is 8.25. The van der Waals surface area contributed by atoms with E-state index in [-0.39, 0.29) is 13.2 Å². The van der Waals surface area contributed by atoms with Gasteiger partial charge in [-0.2, -0.15) is 0 Å². The van der Waals surface area contributed by atoms with Crippen LogP contribution < -0.4 is 31.9 Å². The number of ether oxygens (including phenoxy) is 2. The number of rotatable bonds is 13. The molecule has 8 rings (SSSR count). The van der Waals surface area contributed by atoms with E-state index in [1.165, 1.54) is 7.11 Å². The average Bonchev–Trinajstić information content (AvgIpc) is 3.75. The summed E-state index contributed by atoms with van der Waals surface area (Å²) < 4.78 is 15.6. The molecule has 0 fully saturated rings. The third-order valence-electron chi connectivity index (χ3n) is 9.71. The molecule has 0 spiro atoms. The summed E-state index contributed by atoms with van der Waals surface area (Å²) in [6, 6.07) is 41.9. The lowest BCUT2D eigenvalue weighted by Gasteiger charge is -2.09. The van der Waals surface area contributed by atoms with Crippen LogP contribution in [0.5, 0.6) is 11.5 Å². The van der Waals surface area contributed by atoms with Gasteiger partial charge in [-0.05, 0) is 59.7 Å². The van der Waals surface area contributed by atoms with Crippen molar-refractivity contribution in [1.82, 2.24) is 20.1 Å². The first kappa shape index (κ1) is 39.6. The number of fused-ring (bicyclic) bond motifs is 6. The second-order valence-electron chi connectivity index (χ2n) is 13.4. The number of hydroxylamine groups is 2. The number of nitrogens with one attached hydrogen (secondary N) is 2. The number of carbonyl (C=O) groups excluding carboxylic acids is 4. The van der Waals surface area contributed by atoms with E-state index in [2.05, 4.69) is 19.5 Å². The molecular weight excluding hydrogens is 753 g/mol. The highest BCUT2D eigenvalue weighted by Crippen LogP contribution is 2.39. The maximum atomic E-state index is 12.2. The van der Waals surface area contributed by atoms with Crippen LogP contribution in [0.25, 0.3) is 43.6 Å². The van der Waals surface area contributed by atoms with Crippen LogP contribution in [0.4, 0.5) is 0 Å². The molecule has 0 radical (unpaired) electrons. The van der Waals surface area contributed by atoms with E-state index in [9.17, 15) is 19.2 Å². The van der Waals surface area contributed by atoms with Gasteiger partial charge in [-0.3, -0.25) is 29.2 Å². The van der Waals surface area contributed by atoms with Crippen molar-refractivity contribution in [2.75, 3.05) is 20.3 Å². The van der Waals surface area contributed by atoms with Crippen LogP contribution >= 0.6 is 0 Å². The SMILES string of the molecule is CONC(=O)COc1cccc2c1c1c(C(N)=O)cccc1n2Cc1ccccc1.NC(=O)c1cccc2c1c1c(OCC(=O)NO)cccc1n2Cc1ccccc1. The number of carbonyl (C=O) groups is 4. The minimum Gasteiger partial charge on any atom is -0.483 e. The van der Waals surface area contributed by atoms with Gasteiger partial charge in [0, 0.05) is 35.0 Å². The number of primary amides is 2. The van der Waals surface area contributed by atoms with Gasteiger partial charge in [0.25, 0.3) is 11.8 Å². The minimum absolute atomic E-state index is 0.225. The molecule has 8 aromatic rings. The molecule has 7 N–H and O–H groups in total. The van der Waals surface area contributed by atoms with Crippen LogP contribution in [0, 0.1) is 0 Å². The molecule has 0 aliphatic heterocycles. The van der Waals surface area contributed by atoms with Gasteiger partial charge >= 0.3 is 0 Å². The van der Waals surface area contributed by atoms with Crippen LogP contribution in [-0.4, -0.2) is 58.3 Å². The highest BCUT2D eigenvalue weighted by Gasteiger charge is 2.22. The first-order chi connectivity index (χ1) is 28.7. The summed E-state index contributed by atoms with van der Waals surface area (Å²) in [4.78, 5) is 52.2. The molecule has 59 heavy (non-hydrogen) atoms. The van der Waals surface area contributed by atoms with Gasteiger partial charge in [-0.15, -0.1) is 0 Å². The Kier molecular flexibility index (Phi) is 11.8. The van der Waals surface area contributed by atoms with Crippen molar-refractivity contribution < 1.29 is 38.7 Å². The lowest BCUT2D eigenvalue weighted by molar-refractivity contribution is -0.133. The fourth-order valence-electron chi connectivity index (χ4n) is 7.29. The Morgan fingerprint density at radius 3 is 1.31 bits per heavy atom. The van der Waals surface area contributed by atoms with Crippen molar-refractivity contribution in [3.63, 3.8) is 0 Å². The average molecular weight is 793 g/mol. The molecule has 0 aliphatic carbocycles. The van der Waals surface area contributed by atoms with Crippen LogP contribution in [0.2, 0.25) is 0 Å². The highest BCUT2D eigenvalue weighted by molar-refractivity contribution is 6.21. The van der Waals surface area contributed by atoms with Gasteiger partial charge in [0.2, 0.25) is 11.8 Å². The van der Waals surface area contributed by atoms with Crippen LogP contribution in [0.3, 0.4) is 0 Å². The van der Waals surface area contributed by atoms with Crippen LogP contribution in [-0.2, 0) is 27.5 Å². The summed E-state index contributed by atoms with van der Waals surface area (Å²) in [5, 5.41) is 11.5. The Bertz CT molecular complexity index is 2840. The van der Waals surface area contributed by atoms with Crippen molar-refractivity contribution in [2.24, 2.45) is 11.5 Å². The molecular formula is C45H40N6O8. The van der Waals surface area contributed by atoms with Crippen molar-refractivity contribution in [2.45, 2.75) is 13.1 Å². The number of hydrogen-bond donors (Lipinski definition) is 5. The molecule has 0 atom stereocenters. The fourth-order valence-corrected chi connectivity index (χ4v) is 7.29. The number of amides is 4. The minimum atomic E-state index is -0.676. The predicted molar refractivity (Wildman–Crippen MR) is 223 cm³/mol. The molecule has 0 aliphatic rings. The topological polar surface area (TPSA) is 202 Å². The predicted octanol–water partition coefficient (Wildman–Crippen LogP) is 5.82. The highest BCUT2D eigenvalue weighted by atomic mass is 16.6. The van der Waals surface area contributed by atoms with Crippen molar-refractivity contribution in [3.8, 4) is 11.5 Å². The summed E-state index contributed by atoms with van der Waals surface area (Å²) in [5.74, 6) is -1.24. The summed E-state index contributed by atoms with van der Waals surface area (Å²) in [5.41, 5.74) is 21.5. The normalized spacial score (nSPS) is 10.9. The maximum Gasteiger partial charge on any atom is 0.281 e. The molecule has 0 saturated carbocycles. The standard InChI is InChI=1S/C23H21N3O4.C22H19N3O4/c1-29-25-20(27)14-30-19-12-6-11-18-22(19)21-16(23(24)28)9-5-10-17(21)26(18)13-15-7-3-2-4-8-15;23-22(27)15-8-4-9-16-20(15)21-17(25(16)12-14-6-2-1-3-7-14)10-5-11-18(21)29-13-19(26)24-28/h2-12H,13-14H2,1H3,(H2,24,28)(H,25,27);1-11,28H,12-13H2,(H2,23,27)(H,24,26). The van der Waals surface area contributed by atoms with E-state index < -0.39 is 23.6 Å². The quantitative estimate of drug-likeness (QED) is 0.0709. The van der Waals surface area contributed by atoms with Crippen molar-refractivity contribution in [1.29, 1.82) is 0 Å². The molecule has 298 valence electrons. The third-order valence-corrected chi connectivity index (χ3v) is 9.71. The van der Waals surface area contributed by atoms with Crippen LogP contribution in [0.15, 0.2) is 133 Å². The summed E-state index contributed by atoms with van der Waals surface area (Å²) in [6.45, 7) is 0.608. The Hall–Kier alpha value is -7.68. The largest absolute Gasteiger partial charge is 0.483 e. The summed E-state index contributed by atoms with van der Waals surface area (Å²) in [7, 11) is 1.36. The van der Waals surface area contributed by atoms with Gasteiger partial charge in [0.1, 0.15) is 11.5 Å². The van der Waals surface area contributed by atoms with Gasteiger partial charge < -0.3 is 30.1 Å². The van der Waals surface area contributed by atoms with E-state index in [4.69, 9.17) is 26.1 Å². The Balaban J connectivity index is 0.000000179. The first-order valence-electron chi connectivity index (χ1n) is 18.5. The van der Waals surface area contributed by atoms with E-state index in [0.717, 1.165) is 38.6 Å². The Labute approximate surface area is 337 Å². The Morgan fingerprint density at radius 2 is 0.915 bits per heavy atom. The molecule has 0 bridgehead atoms. The number of hydrogen-bond acceptors (Lipinski definition) is 8. The molecule has 14 heteroatoms. The number of benzene rings is 6. The Morgan fingerprint density at radius 1 is 0.525 bits per heavy atom. The van der Waals surface area contributed by atoms with E-state index >= 15 is 0 Å². The molecule has 4 amide bonds.